The maximum absolute atomic E-state index is 12.3. The van der Waals surface area contributed by atoms with Crippen molar-refractivity contribution in [3.8, 4) is 0 Å². The molecule has 1 fully saturated rings. The van der Waals surface area contributed by atoms with Gasteiger partial charge in [-0.1, -0.05) is 31.1 Å². The minimum Gasteiger partial charge on any atom is -0.327 e. The highest BCUT2D eigenvalue weighted by Crippen LogP contribution is 2.24. The lowest BCUT2D eigenvalue weighted by atomic mass is 10.0. The van der Waals surface area contributed by atoms with Gasteiger partial charge in [-0.05, 0) is 37.3 Å². The summed E-state index contributed by atoms with van der Waals surface area (Å²) in [5.74, 6) is 0. The smallest absolute Gasteiger partial charge is 0.240 e. The van der Waals surface area contributed by atoms with E-state index >= 15 is 0 Å². The predicted molar refractivity (Wildman–Crippen MR) is 77.9 cm³/mol. The summed E-state index contributed by atoms with van der Waals surface area (Å²) in [4.78, 5) is 0.405. The monoisotopic (exact) mass is 282 g/mol. The highest BCUT2D eigenvalue weighted by molar-refractivity contribution is 7.93. The largest absolute Gasteiger partial charge is 0.327 e. The molecule has 0 bridgehead atoms. The van der Waals surface area contributed by atoms with Crippen LogP contribution in [0.25, 0.3) is 0 Å². The van der Waals surface area contributed by atoms with Gasteiger partial charge < -0.3 is 5.73 Å². The van der Waals surface area contributed by atoms with E-state index in [1.807, 2.05) is 12.2 Å². The lowest BCUT2D eigenvalue weighted by Gasteiger charge is -2.16. The average Bonchev–Trinajstić information content (AvgIpc) is 2.89. The van der Waals surface area contributed by atoms with Crippen molar-refractivity contribution in [1.82, 2.24) is 4.72 Å². The van der Waals surface area contributed by atoms with Gasteiger partial charge in [0.15, 0.2) is 0 Å². The third-order valence-corrected chi connectivity index (χ3v) is 5.11. The summed E-state index contributed by atoms with van der Waals surface area (Å²) in [7, 11) is -3.36. The van der Waals surface area contributed by atoms with E-state index in [-0.39, 0.29) is 6.04 Å². The third kappa shape index (κ3) is 4.03. The van der Waals surface area contributed by atoms with Crippen molar-refractivity contribution < 1.29 is 8.42 Å². The molecule has 106 valence electrons. The van der Waals surface area contributed by atoms with Crippen LogP contribution in [0.2, 0.25) is 0 Å². The maximum Gasteiger partial charge on any atom is 0.240 e. The average molecular weight is 282 g/mol. The SMILES string of the molecule is NCC=CC1=CC(S(=O)(=O)NC2CCCC2)=CCC1. The van der Waals surface area contributed by atoms with Crippen LogP contribution in [0.1, 0.15) is 38.5 Å². The van der Waals surface area contributed by atoms with Crippen LogP contribution < -0.4 is 10.5 Å². The Kier molecular flexibility index (Phi) is 4.96. The highest BCUT2D eigenvalue weighted by Gasteiger charge is 2.24. The Bertz CT molecular complexity index is 498. The first kappa shape index (κ1) is 14.5. The van der Waals surface area contributed by atoms with Crippen LogP contribution in [-0.4, -0.2) is 21.0 Å². The molecule has 0 aromatic heterocycles. The molecule has 0 saturated heterocycles. The lowest BCUT2D eigenvalue weighted by molar-refractivity contribution is 0.558. The first-order chi connectivity index (χ1) is 9.12. The lowest BCUT2D eigenvalue weighted by Crippen LogP contribution is -2.33. The van der Waals surface area contributed by atoms with Crippen molar-refractivity contribution in [3.05, 3.63) is 34.8 Å². The Morgan fingerprint density at radius 3 is 2.79 bits per heavy atom. The second-order valence-electron chi connectivity index (χ2n) is 5.11. The minimum atomic E-state index is -3.36. The summed E-state index contributed by atoms with van der Waals surface area (Å²) in [6, 6.07) is 0.115. The zero-order valence-electron chi connectivity index (χ0n) is 11.1. The second kappa shape index (κ2) is 6.50. The number of nitrogens with two attached hydrogens (primary N) is 1. The third-order valence-electron chi connectivity index (χ3n) is 3.56. The Labute approximate surface area is 115 Å². The molecule has 0 amide bonds. The van der Waals surface area contributed by atoms with E-state index < -0.39 is 10.0 Å². The maximum atomic E-state index is 12.3. The first-order valence-electron chi connectivity index (χ1n) is 6.91. The number of rotatable bonds is 5. The highest BCUT2D eigenvalue weighted by atomic mass is 32.2. The van der Waals surface area contributed by atoms with Crippen molar-refractivity contribution >= 4 is 10.0 Å². The van der Waals surface area contributed by atoms with Crippen molar-refractivity contribution in [3.63, 3.8) is 0 Å². The molecule has 4 nitrogen and oxygen atoms in total. The van der Waals surface area contributed by atoms with Crippen molar-refractivity contribution in [1.29, 1.82) is 0 Å². The number of sulfonamides is 1. The molecule has 0 spiro atoms. The van der Waals surface area contributed by atoms with Crippen LogP contribution in [0.4, 0.5) is 0 Å². The molecule has 3 N–H and O–H groups in total. The summed E-state index contributed by atoms with van der Waals surface area (Å²) < 4.78 is 27.4. The van der Waals surface area contributed by atoms with Gasteiger partial charge in [-0.3, -0.25) is 0 Å². The molecule has 5 heteroatoms. The van der Waals surface area contributed by atoms with Gasteiger partial charge in [0.25, 0.3) is 0 Å². The fraction of sp³-hybridized carbons (Fsp3) is 0.571. The molecule has 0 aromatic carbocycles. The van der Waals surface area contributed by atoms with Crippen LogP contribution in [0, 0.1) is 0 Å². The van der Waals surface area contributed by atoms with Crippen molar-refractivity contribution in [2.24, 2.45) is 5.73 Å². The van der Waals surface area contributed by atoms with Crippen LogP contribution in [-0.2, 0) is 10.0 Å². The van der Waals surface area contributed by atoms with Gasteiger partial charge in [-0.15, -0.1) is 0 Å². The van der Waals surface area contributed by atoms with Crippen LogP contribution in [0.15, 0.2) is 34.8 Å². The summed E-state index contributed by atoms with van der Waals surface area (Å²) in [5.41, 5.74) is 6.44. The second-order valence-corrected chi connectivity index (χ2v) is 6.82. The Morgan fingerprint density at radius 2 is 2.11 bits per heavy atom. The molecule has 0 aromatic rings. The standard InChI is InChI=1S/C14H22N2O2S/c15-10-4-6-12-5-3-9-14(11-12)19(17,18)16-13-7-1-2-8-13/h4,6,9,11,13,16H,1-3,5,7-8,10,15H2. The van der Waals surface area contributed by atoms with Gasteiger partial charge in [0.1, 0.15) is 0 Å². The quantitative estimate of drug-likeness (QED) is 0.809. The molecule has 2 aliphatic rings. The molecule has 1 saturated carbocycles. The zero-order valence-corrected chi connectivity index (χ0v) is 12.0. The zero-order chi connectivity index (χ0) is 13.7. The number of allylic oxidation sites excluding steroid dienone is 4. The molecule has 19 heavy (non-hydrogen) atoms. The van der Waals surface area contributed by atoms with Gasteiger partial charge >= 0.3 is 0 Å². The molecule has 0 atom stereocenters. The predicted octanol–water partition coefficient (Wildman–Crippen LogP) is 1.97. The molecule has 2 aliphatic carbocycles. The minimum absolute atomic E-state index is 0.115. The molecule has 0 unspecified atom stereocenters. The summed E-state index contributed by atoms with van der Waals surface area (Å²) in [5, 5.41) is 0. The van der Waals surface area contributed by atoms with Gasteiger partial charge in [0, 0.05) is 12.6 Å². The number of hydrogen-bond acceptors (Lipinski definition) is 3. The van der Waals surface area contributed by atoms with Crippen molar-refractivity contribution in [2.45, 2.75) is 44.6 Å². The molecule has 0 heterocycles. The van der Waals surface area contributed by atoms with Gasteiger partial charge in [0.2, 0.25) is 10.0 Å². The van der Waals surface area contributed by atoms with Gasteiger partial charge in [-0.25, -0.2) is 13.1 Å². The van der Waals surface area contributed by atoms with E-state index in [0.29, 0.717) is 11.4 Å². The Morgan fingerprint density at radius 1 is 1.37 bits per heavy atom. The van der Waals surface area contributed by atoms with E-state index in [2.05, 4.69) is 4.72 Å². The molecular formula is C14H22N2O2S. The summed E-state index contributed by atoms with van der Waals surface area (Å²) in [6.07, 6.45) is 13.1. The van der Waals surface area contributed by atoms with Gasteiger partial charge in [-0.2, -0.15) is 0 Å². The number of nitrogens with one attached hydrogen (secondary N) is 1. The first-order valence-corrected chi connectivity index (χ1v) is 8.40. The Hall–Kier alpha value is -0.910. The van der Waals surface area contributed by atoms with Crippen LogP contribution >= 0.6 is 0 Å². The van der Waals surface area contributed by atoms with Crippen LogP contribution in [0.5, 0.6) is 0 Å². The van der Waals surface area contributed by atoms with Crippen molar-refractivity contribution in [2.75, 3.05) is 6.54 Å². The molecule has 2 rings (SSSR count). The molecule has 0 radical (unpaired) electrons. The van der Waals surface area contributed by atoms with Crippen LogP contribution in [0.3, 0.4) is 0 Å². The van der Waals surface area contributed by atoms with E-state index in [0.717, 1.165) is 44.1 Å². The molecular weight excluding hydrogens is 260 g/mol. The van der Waals surface area contributed by atoms with Gasteiger partial charge in [0.05, 0.1) is 4.91 Å². The topological polar surface area (TPSA) is 72.2 Å². The fourth-order valence-corrected chi connectivity index (χ4v) is 4.02. The fourth-order valence-electron chi connectivity index (χ4n) is 2.56. The summed E-state index contributed by atoms with van der Waals surface area (Å²) >= 11 is 0. The normalized spacial score (nSPS) is 21.7. The molecule has 0 aliphatic heterocycles. The van der Waals surface area contributed by atoms with E-state index in [1.165, 1.54) is 0 Å². The van der Waals surface area contributed by atoms with E-state index in [4.69, 9.17) is 5.73 Å². The van der Waals surface area contributed by atoms with E-state index in [9.17, 15) is 8.42 Å². The van der Waals surface area contributed by atoms with E-state index in [1.54, 1.807) is 12.2 Å². The Balaban J connectivity index is 2.09. The number of hydrogen-bond donors (Lipinski definition) is 2. The summed E-state index contributed by atoms with van der Waals surface area (Å²) in [6.45, 7) is 0.476.